The van der Waals surface area contributed by atoms with Gasteiger partial charge in [-0.3, -0.25) is 0 Å². The highest BCUT2D eigenvalue weighted by Crippen LogP contribution is 2.33. The second-order valence-electron chi connectivity index (χ2n) is 9.67. The molecule has 186 valence electrons. The van der Waals surface area contributed by atoms with Gasteiger partial charge in [-0.15, -0.1) is 0 Å². The lowest BCUT2D eigenvalue weighted by atomic mass is 9.96. The Labute approximate surface area is 215 Å². The predicted octanol–water partition coefficient (Wildman–Crippen LogP) is 10.4. The second kappa shape index (κ2) is 12.6. The molecular weight excluding hydrogens is 446 g/mol. The average molecular weight is 483 g/mol. The van der Waals surface area contributed by atoms with E-state index in [1.165, 1.54) is 43.2 Å². The van der Waals surface area contributed by atoms with Crippen LogP contribution in [0.25, 0.3) is 33.4 Å². The molecule has 0 bridgehead atoms. The van der Waals surface area contributed by atoms with Crippen LogP contribution in [0.2, 0.25) is 0 Å². The molecule has 0 fully saturated rings. The molecule has 36 heavy (non-hydrogen) atoms. The molecule has 0 amide bonds. The van der Waals surface area contributed by atoms with Crippen LogP contribution in [-0.4, -0.2) is 0 Å². The smallest absolute Gasteiger partial charge is 0.167 e. The zero-order valence-electron chi connectivity index (χ0n) is 21.5. The summed E-state index contributed by atoms with van der Waals surface area (Å²) >= 11 is 0. The summed E-state index contributed by atoms with van der Waals surface area (Å²) in [7, 11) is 0. The van der Waals surface area contributed by atoms with Crippen molar-refractivity contribution in [3.05, 3.63) is 108 Å². The normalized spacial score (nSPS) is 11.1. The fraction of sp³-hybridized carbons (Fsp3) is 0.294. The van der Waals surface area contributed by atoms with Crippen molar-refractivity contribution in [2.24, 2.45) is 0 Å². The molecule has 4 aromatic carbocycles. The Kier molecular flexibility index (Phi) is 9.06. The zero-order valence-corrected chi connectivity index (χ0v) is 21.5. The van der Waals surface area contributed by atoms with Gasteiger partial charge in [-0.1, -0.05) is 124 Å². The minimum atomic E-state index is -0.802. The van der Waals surface area contributed by atoms with E-state index in [2.05, 4.69) is 38.1 Å². The molecule has 0 N–H and O–H groups in total. The molecule has 4 rings (SSSR count). The lowest BCUT2D eigenvalue weighted by molar-refractivity contribution is 0.514. The summed E-state index contributed by atoms with van der Waals surface area (Å²) in [5.74, 6) is -1.60. The van der Waals surface area contributed by atoms with Crippen LogP contribution in [-0.2, 0) is 12.8 Å². The van der Waals surface area contributed by atoms with Gasteiger partial charge in [-0.2, -0.15) is 0 Å². The number of benzene rings is 4. The summed E-state index contributed by atoms with van der Waals surface area (Å²) in [5, 5.41) is 0. The first-order valence-corrected chi connectivity index (χ1v) is 13.4. The molecule has 0 aliphatic carbocycles. The maximum Gasteiger partial charge on any atom is 0.167 e. The van der Waals surface area contributed by atoms with Crippen LogP contribution in [0.3, 0.4) is 0 Å². The van der Waals surface area contributed by atoms with Crippen LogP contribution < -0.4 is 0 Å². The quantitative estimate of drug-likeness (QED) is 0.187. The number of unbranched alkanes of at least 4 members (excludes halogenated alkanes) is 4. The van der Waals surface area contributed by atoms with Crippen LogP contribution in [0, 0.1) is 11.6 Å². The van der Waals surface area contributed by atoms with E-state index in [1.807, 2.05) is 48.5 Å². The van der Waals surface area contributed by atoms with E-state index in [-0.39, 0.29) is 5.56 Å². The van der Waals surface area contributed by atoms with E-state index in [0.717, 1.165) is 30.4 Å². The summed E-state index contributed by atoms with van der Waals surface area (Å²) < 4.78 is 30.2. The summed E-state index contributed by atoms with van der Waals surface area (Å²) in [5.41, 5.74) is 6.73. The van der Waals surface area contributed by atoms with Crippen LogP contribution >= 0.6 is 0 Å². The molecule has 0 saturated carbocycles. The van der Waals surface area contributed by atoms with Gasteiger partial charge in [0.05, 0.1) is 0 Å². The second-order valence-corrected chi connectivity index (χ2v) is 9.67. The monoisotopic (exact) mass is 482 g/mol. The minimum Gasteiger partial charge on any atom is -0.203 e. The number of rotatable bonds is 11. The third kappa shape index (κ3) is 6.29. The van der Waals surface area contributed by atoms with E-state index in [9.17, 15) is 0 Å². The van der Waals surface area contributed by atoms with Crippen LogP contribution in [0.5, 0.6) is 0 Å². The number of hydrogen-bond acceptors (Lipinski definition) is 0. The first kappa shape index (κ1) is 25.8. The van der Waals surface area contributed by atoms with Gasteiger partial charge in [0.2, 0.25) is 0 Å². The van der Waals surface area contributed by atoms with Gasteiger partial charge in [0.15, 0.2) is 11.6 Å². The first-order chi connectivity index (χ1) is 17.6. The molecular formula is C34H36F2. The third-order valence-corrected chi connectivity index (χ3v) is 6.97. The maximum atomic E-state index is 15.1. The SMILES string of the molecule is CCCCCc1ccc(-c2ccc(-c3ccc(-c4ccc(CCCCC)cc4)c(F)c3F)cc2)cc1. The number of hydrogen-bond donors (Lipinski definition) is 0. The van der Waals surface area contributed by atoms with Gasteiger partial charge >= 0.3 is 0 Å². The van der Waals surface area contributed by atoms with Crippen LogP contribution in [0.1, 0.15) is 63.5 Å². The summed E-state index contributed by atoms with van der Waals surface area (Å²) in [6, 6.07) is 27.5. The van der Waals surface area contributed by atoms with Crippen molar-refractivity contribution in [3.8, 4) is 33.4 Å². The van der Waals surface area contributed by atoms with E-state index >= 15 is 8.78 Å². The Morgan fingerprint density at radius 1 is 0.417 bits per heavy atom. The number of aryl methyl sites for hydroxylation is 2. The molecule has 4 aromatic rings. The molecule has 0 atom stereocenters. The van der Waals surface area contributed by atoms with Gasteiger partial charge in [0, 0.05) is 11.1 Å². The third-order valence-electron chi connectivity index (χ3n) is 6.97. The van der Waals surface area contributed by atoms with Crippen molar-refractivity contribution in [2.75, 3.05) is 0 Å². The molecule has 0 aliphatic heterocycles. The highest BCUT2D eigenvalue weighted by Gasteiger charge is 2.16. The highest BCUT2D eigenvalue weighted by atomic mass is 19.2. The Hall–Kier alpha value is -3.26. The van der Waals surface area contributed by atoms with Crippen molar-refractivity contribution < 1.29 is 8.78 Å². The maximum absolute atomic E-state index is 15.1. The molecule has 0 unspecified atom stereocenters. The number of halogens is 2. The molecule has 0 aromatic heterocycles. The molecule has 0 saturated heterocycles. The zero-order chi connectivity index (χ0) is 25.3. The Balaban J connectivity index is 1.49. The summed E-state index contributed by atoms with van der Waals surface area (Å²) in [4.78, 5) is 0. The molecule has 0 spiro atoms. The molecule has 0 radical (unpaired) electrons. The molecule has 2 heteroatoms. The largest absolute Gasteiger partial charge is 0.203 e. The Bertz CT molecular complexity index is 1240. The first-order valence-electron chi connectivity index (χ1n) is 13.4. The average Bonchev–Trinajstić information content (AvgIpc) is 2.92. The van der Waals surface area contributed by atoms with Gasteiger partial charge < -0.3 is 0 Å². The van der Waals surface area contributed by atoms with Crippen molar-refractivity contribution in [2.45, 2.75) is 65.2 Å². The lowest BCUT2D eigenvalue weighted by Gasteiger charge is -2.11. The lowest BCUT2D eigenvalue weighted by Crippen LogP contribution is -1.94. The van der Waals surface area contributed by atoms with E-state index in [0.29, 0.717) is 16.7 Å². The topological polar surface area (TPSA) is 0 Å². The van der Waals surface area contributed by atoms with Crippen molar-refractivity contribution in [1.82, 2.24) is 0 Å². The van der Waals surface area contributed by atoms with Crippen LogP contribution in [0.4, 0.5) is 8.78 Å². The van der Waals surface area contributed by atoms with E-state index < -0.39 is 11.6 Å². The fourth-order valence-electron chi connectivity index (χ4n) is 4.71. The van der Waals surface area contributed by atoms with Gasteiger partial charge in [-0.25, -0.2) is 8.78 Å². The van der Waals surface area contributed by atoms with Crippen molar-refractivity contribution in [3.63, 3.8) is 0 Å². The van der Waals surface area contributed by atoms with Gasteiger partial charge in [0.25, 0.3) is 0 Å². The molecule has 0 aliphatic rings. The Morgan fingerprint density at radius 2 is 0.750 bits per heavy atom. The van der Waals surface area contributed by atoms with Gasteiger partial charge in [0.1, 0.15) is 0 Å². The molecule has 0 nitrogen and oxygen atoms in total. The van der Waals surface area contributed by atoms with Crippen LogP contribution in [0.15, 0.2) is 84.9 Å². The summed E-state index contributed by atoms with van der Waals surface area (Å²) in [6.45, 7) is 4.40. The highest BCUT2D eigenvalue weighted by molar-refractivity contribution is 5.74. The summed E-state index contributed by atoms with van der Waals surface area (Å²) in [6.07, 6.45) is 9.36. The van der Waals surface area contributed by atoms with Crippen molar-refractivity contribution in [1.29, 1.82) is 0 Å². The van der Waals surface area contributed by atoms with E-state index in [1.54, 1.807) is 12.1 Å². The predicted molar refractivity (Wildman–Crippen MR) is 149 cm³/mol. The Morgan fingerprint density at radius 3 is 1.14 bits per heavy atom. The minimum absolute atomic E-state index is 0.283. The fourth-order valence-corrected chi connectivity index (χ4v) is 4.71. The van der Waals surface area contributed by atoms with E-state index in [4.69, 9.17) is 0 Å². The van der Waals surface area contributed by atoms with Gasteiger partial charge in [-0.05, 0) is 59.1 Å². The molecule has 0 heterocycles. The van der Waals surface area contributed by atoms with Crippen molar-refractivity contribution >= 4 is 0 Å². The standard InChI is InChI=1S/C34H36F2/c1-3-5-7-9-25-11-15-27(16-12-25)28-19-21-30(22-20-28)32-24-23-31(33(35)34(32)36)29-17-13-26(14-18-29)10-8-6-4-2/h11-24H,3-10H2,1-2H3.